The molecule has 450 valence electrons. The largest absolute Gasteiger partial charge is 0.443 e. The fourth-order valence-corrected chi connectivity index (χ4v) is 7.80. The lowest BCUT2D eigenvalue weighted by atomic mass is 10.2. The maximum atomic E-state index is 13.4. The Morgan fingerprint density at radius 2 is 0.855 bits per heavy atom. The molecular formula is C50H61ClF6N16O10. The highest BCUT2D eigenvalue weighted by atomic mass is 35.5. The Morgan fingerprint density at radius 3 is 1.20 bits per heavy atom. The second-order valence-corrected chi connectivity index (χ2v) is 22.8. The summed E-state index contributed by atoms with van der Waals surface area (Å²) < 4.78 is 114. The molecule has 0 saturated carbocycles. The fraction of sp³-hybridized carbons (Fsp3) is 0.560. The van der Waals surface area contributed by atoms with Crippen molar-refractivity contribution in [2.75, 3.05) is 72.2 Å². The molecule has 0 unspecified atom stereocenters. The molecule has 0 aliphatic carbocycles. The van der Waals surface area contributed by atoms with Crippen molar-refractivity contribution in [3.8, 4) is 22.8 Å². The van der Waals surface area contributed by atoms with Crippen LogP contribution in [0.2, 0.25) is 5.28 Å². The molecular weight excluding hydrogens is 1130 g/mol. The molecule has 2 fully saturated rings. The number of ether oxygens (including phenoxy) is 6. The summed E-state index contributed by atoms with van der Waals surface area (Å²) in [6.45, 7) is 20.1. The molecule has 83 heavy (non-hydrogen) atoms. The Kier molecular flexibility index (Phi) is 18.2. The molecule has 8 rings (SSSR count). The van der Waals surface area contributed by atoms with Gasteiger partial charge in [-0.15, -0.1) is 9.80 Å². The number of hydrogen-bond donors (Lipinski definition) is 0. The number of morpholine rings is 2. The predicted molar refractivity (Wildman–Crippen MR) is 286 cm³/mol. The van der Waals surface area contributed by atoms with Gasteiger partial charge in [-0.3, -0.25) is 4.57 Å². The van der Waals surface area contributed by atoms with Crippen molar-refractivity contribution in [3.05, 3.63) is 36.4 Å². The molecule has 0 spiro atoms. The Bertz CT molecular complexity index is 3250. The average Bonchev–Trinajstić information content (AvgIpc) is 2.41. The molecule has 0 N–H and O–H groups in total. The summed E-state index contributed by atoms with van der Waals surface area (Å²) in [7, 11) is 0. The molecule has 2 aliphatic rings. The number of fused-ring (bicyclic) bond motifs is 2. The van der Waals surface area contributed by atoms with Gasteiger partial charge in [0.15, 0.2) is 45.6 Å². The number of imidazole rings is 2. The van der Waals surface area contributed by atoms with E-state index in [9.17, 15) is 45.5 Å². The molecule has 2 saturated heterocycles. The standard InChI is InChI=1S/C25H30ClF3N8O5.C25H31F3N8O5/c1-23(2,3)41-21(38)37(22(39)42-24(4,5)6)20-30-11-14(12-31-20)16-33-17(35-7-9-40-10-8-35)15-18(34-16)36(19(26)32-15)13-25(27,28)29;1-23(2,3)40-21(37)36(22(38)41-24(4,5)6)20-29-11-15(12-30-20)17-32-18(34-7-9-39-10-8-34)16-19(33-17)35(14-31-16)13-25(26,27)28/h11-12H,7-10,13H2,1-6H3;11-12,14H,7-10,13H2,1-6H3. The van der Waals surface area contributed by atoms with Gasteiger partial charge in [-0.05, 0) is 94.7 Å². The Hall–Kier alpha value is -7.87. The summed E-state index contributed by atoms with van der Waals surface area (Å²) in [5.41, 5.74) is -3.23. The van der Waals surface area contributed by atoms with Gasteiger partial charge in [0, 0.05) is 51.0 Å². The number of imide groups is 2. The van der Waals surface area contributed by atoms with E-state index in [1.807, 2.05) is 4.90 Å². The van der Waals surface area contributed by atoms with Gasteiger partial charge in [-0.1, -0.05) is 0 Å². The Morgan fingerprint density at radius 1 is 0.506 bits per heavy atom. The second kappa shape index (κ2) is 24.1. The van der Waals surface area contributed by atoms with Crippen LogP contribution in [0.1, 0.15) is 83.1 Å². The van der Waals surface area contributed by atoms with E-state index >= 15 is 0 Å². The molecule has 0 bridgehead atoms. The number of amides is 4. The topological polar surface area (TPSA) is 275 Å². The first kappa shape index (κ1) is 62.7. The third kappa shape index (κ3) is 16.9. The third-order valence-electron chi connectivity index (χ3n) is 10.8. The van der Waals surface area contributed by atoms with Gasteiger partial charge in [0.1, 0.15) is 35.5 Å². The highest BCUT2D eigenvalue weighted by Crippen LogP contribution is 2.34. The summed E-state index contributed by atoms with van der Waals surface area (Å²) in [4.78, 5) is 99.1. The van der Waals surface area contributed by atoms with Crippen LogP contribution in [0.15, 0.2) is 31.1 Å². The van der Waals surface area contributed by atoms with E-state index in [1.165, 1.54) is 24.8 Å². The number of aromatic nitrogens is 12. The van der Waals surface area contributed by atoms with E-state index in [2.05, 4.69) is 49.8 Å². The van der Waals surface area contributed by atoms with Crippen LogP contribution in [-0.2, 0) is 41.5 Å². The maximum absolute atomic E-state index is 13.4. The molecule has 8 heterocycles. The van der Waals surface area contributed by atoms with E-state index in [0.717, 1.165) is 15.5 Å². The number of alkyl halides is 6. The highest BCUT2D eigenvalue weighted by Gasteiger charge is 2.38. The van der Waals surface area contributed by atoms with Gasteiger partial charge in [0.2, 0.25) is 17.2 Å². The minimum Gasteiger partial charge on any atom is -0.443 e. The predicted octanol–water partition coefficient (Wildman–Crippen LogP) is 9.37. The van der Waals surface area contributed by atoms with Crippen molar-refractivity contribution >= 4 is 81.8 Å². The lowest BCUT2D eigenvalue weighted by Gasteiger charge is -2.28. The van der Waals surface area contributed by atoms with Crippen molar-refractivity contribution in [1.29, 1.82) is 0 Å². The van der Waals surface area contributed by atoms with Gasteiger partial charge < -0.3 is 42.8 Å². The van der Waals surface area contributed by atoms with Crippen molar-refractivity contribution in [3.63, 3.8) is 0 Å². The van der Waals surface area contributed by atoms with Crippen LogP contribution < -0.4 is 19.6 Å². The quantitative estimate of drug-likeness (QED) is 0.0779. The van der Waals surface area contributed by atoms with E-state index in [4.69, 9.17) is 40.0 Å². The molecule has 26 nitrogen and oxygen atoms in total. The summed E-state index contributed by atoms with van der Waals surface area (Å²) in [5, 5.41) is -0.403. The number of carbonyl (C=O) groups excluding carboxylic acids is 4. The zero-order chi connectivity index (χ0) is 61.2. The number of rotatable bonds is 8. The first-order chi connectivity index (χ1) is 38.4. The first-order valence-electron chi connectivity index (χ1n) is 25.5. The highest BCUT2D eigenvalue weighted by molar-refractivity contribution is 6.29. The van der Waals surface area contributed by atoms with Gasteiger partial charge in [0.05, 0.1) is 43.9 Å². The molecule has 0 atom stereocenters. The van der Waals surface area contributed by atoms with Gasteiger partial charge in [-0.25, -0.2) is 69.0 Å². The monoisotopic (exact) mass is 1190 g/mol. The van der Waals surface area contributed by atoms with Crippen molar-refractivity contribution in [1.82, 2.24) is 59.0 Å². The van der Waals surface area contributed by atoms with Gasteiger partial charge >= 0.3 is 36.7 Å². The third-order valence-corrected chi connectivity index (χ3v) is 11.1. The summed E-state index contributed by atoms with van der Waals surface area (Å²) in [5.74, 6) is -0.111. The van der Waals surface area contributed by atoms with Gasteiger partial charge in [0.25, 0.3) is 0 Å². The van der Waals surface area contributed by atoms with E-state index < -0.39 is 77.5 Å². The van der Waals surface area contributed by atoms with Crippen LogP contribution >= 0.6 is 11.6 Å². The molecule has 6 aromatic rings. The van der Waals surface area contributed by atoms with Crippen LogP contribution in [0, 0.1) is 0 Å². The Balaban J connectivity index is 0.000000239. The van der Waals surface area contributed by atoms with Crippen LogP contribution in [0.3, 0.4) is 0 Å². The number of carbonyl (C=O) groups is 4. The number of halogens is 7. The molecule has 6 aromatic heterocycles. The van der Waals surface area contributed by atoms with Crippen molar-refractivity contribution < 1.29 is 73.9 Å². The minimum absolute atomic E-state index is 0.0237. The molecule has 2 aliphatic heterocycles. The zero-order valence-electron chi connectivity index (χ0n) is 47.3. The van der Waals surface area contributed by atoms with Crippen molar-refractivity contribution in [2.24, 2.45) is 0 Å². The summed E-state index contributed by atoms with van der Waals surface area (Å²) >= 11 is 6.11. The van der Waals surface area contributed by atoms with E-state index in [1.54, 1.807) is 88.0 Å². The van der Waals surface area contributed by atoms with Gasteiger partial charge in [-0.2, -0.15) is 26.3 Å². The lowest BCUT2D eigenvalue weighted by molar-refractivity contribution is -0.140. The van der Waals surface area contributed by atoms with E-state index in [0.29, 0.717) is 68.2 Å². The zero-order valence-corrected chi connectivity index (χ0v) is 48.1. The normalized spacial score (nSPS) is 14.7. The van der Waals surface area contributed by atoms with Crippen molar-refractivity contribution in [2.45, 2.75) is 131 Å². The molecule has 0 radical (unpaired) electrons. The van der Waals surface area contributed by atoms with E-state index in [-0.39, 0.29) is 62.8 Å². The SMILES string of the molecule is CC(C)(C)OC(=O)N(C(=O)OC(C)(C)C)c1ncc(-c2nc(N3CCOCC3)c3nc(Cl)n(CC(F)(F)F)c3n2)cn1.CC(C)(C)OC(=O)N(C(=O)OC(C)(C)C)c1ncc(-c2nc(N3CCOCC3)c3ncn(CC(F)(F)F)c3n2)cn1. The summed E-state index contributed by atoms with van der Waals surface area (Å²) in [6.07, 6.45) is -7.33. The first-order valence-corrected chi connectivity index (χ1v) is 25.9. The smallest absolute Gasteiger partial charge is 0.427 e. The number of nitrogens with zero attached hydrogens (tertiary/aromatic N) is 16. The average molecular weight is 1200 g/mol. The molecule has 4 amide bonds. The van der Waals surface area contributed by atoms with Crippen LogP contribution in [0.25, 0.3) is 45.1 Å². The lowest BCUT2D eigenvalue weighted by Crippen LogP contribution is -2.44. The maximum Gasteiger partial charge on any atom is 0.427 e. The number of hydrogen-bond acceptors (Lipinski definition) is 22. The van der Waals surface area contributed by atoms with Crippen LogP contribution in [-0.4, -0.2) is 171 Å². The fourth-order valence-electron chi connectivity index (χ4n) is 7.58. The number of anilines is 4. The van der Waals surface area contributed by atoms with Crippen LogP contribution in [0.4, 0.5) is 69.1 Å². The van der Waals surface area contributed by atoms with Crippen LogP contribution in [0.5, 0.6) is 0 Å². The molecule has 0 aromatic carbocycles. The summed E-state index contributed by atoms with van der Waals surface area (Å²) in [6, 6.07) is 0. The minimum atomic E-state index is -4.60. The molecule has 33 heteroatoms. The Labute approximate surface area is 475 Å². The second-order valence-electron chi connectivity index (χ2n) is 22.5.